The zero-order valence-corrected chi connectivity index (χ0v) is 13.4. The van der Waals surface area contributed by atoms with Gasteiger partial charge >= 0.3 is 5.97 Å². The van der Waals surface area contributed by atoms with Crippen molar-refractivity contribution < 1.29 is 9.90 Å². The van der Waals surface area contributed by atoms with E-state index in [0.717, 1.165) is 14.4 Å². The molecular formula is C12H12BrNO2S2. The van der Waals surface area contributed by atoms with E-state index in [0.29, 0.717) is 10.6 Å². The Hall–Kier alpha value is -0.720. The second-order valence-electron chi connectivity index (χ2n) is 4.21. The molecule has 6 heteroatoms. The van der Waals surface area contributed by atoms with Crippen molar-refractivity contribution in [2.75, 3.05) is 0 Å². The van der Waals surface area contributed by atoms with Gasteiger partial charge < -0.3 is 5.11 Å². The van der Waals surface area contributed by atoms with Gasteiger partial charge in [0.05, 0.1) is 10.6 Å². The highest BCUT2D eigenvalue weighted by Crippen LogP contribution is 2.38. The molecule has 0 fully saturated rings. The molecule has 0 bridgehead atoms. The fraction of sp³-hybridized carbons (Fsp3) is 0.333. The van der Waals surface area contributed by atoms with Gasteiger partial charge in [-0.15, -0.1) is 22.7 Å². The van der Waals surface area contributed by atoms with Crippen LogP contribution in [0.5, 0.6) is 0 Å². The van der Waals surface area contributed by atoms with Crippen LogP contribution in [0.1, 0.15) is 40.0 Å². The van der Waals surface area contributed by atoms with Gasteiger partial charge in [-0.25, -0.2) is 9.78 Å². The highest BCUT2D eigenvalue weighted by atomic mass is 79.9. The quantitative estimate of drug-likeness (QED) is 0.871. The van der Waals surface area contributed by atoms with Gasteiger partial charge in [0.25, 0.3) is 0 Å². The molecule has 0 atom stereocenters. The van der Waals surface area contributed by atoms with Gasteiger partial charge in [-0.3, -0.25) is 0 Å². The maximum atomic E-state index is 11.2. The van der Waals surface area contributed by atoms with E-state index in [2.05, 4.69) is 20.9 Å². The first kappa shape index (κ1) is 13.7. The summed E-state index contributed by atoms with van der Waals surface area (Å²) in [5.74, 6) is -0.777. The lowest BCUT2D eigenvalue weighted by molar-refractivity contribution is 0.0700. The Bertz CT molecular complexity index is 582. The first-order chi connectivity index (χ1) is 8.40. The molecule has 0 amide bonds. The van der Waals surface area contributed by atoms with Crippen molar-refractivity contribution in [2.24, 2.45) is 0 Å². The molecule has 0 unspecified atom stereocenters. The van der Waals surface area contributed by atoms with E-state index < -0.39 is 5.97 Å². The van der Waals surface area contributed by atoms with Crippen LogP contribution in [0.3, 0.4) is 0 Å². The van der Waals surface area contributed by atoms with E-state index in [4.69, 9.17) is 0 Å². The number of thiophene rings is 1. The SMILES string of the molecule is Cc1sc(-c2nc(C(C)C)c(C(=O)O)s2)cc1Br. The molecule has 0 aliphatic rings. The van der Waals surface area contributed by atoms with E-state index in [9.17, 15) is 9.90 Å². The number of aromatic nitrogens is 1. The van der Waals surface area contributed by atoms with Gasteiger partial charge in [0, 0.05) is 9.35 Å². The lowest BCUT2D eigenvalue weighted by Gasteiger charge is -2.00. The van der Waals surface area contributed by atoms with Crippen LogP contribution in [0.4, 0.5) is 0 Å². The van der Waals surface area contributed by atoms with Crippen LogP contribution < -0.4 is 0 Å². The highest BCUT2D eigenvalue weighted by molar-refractivity contribution is 9.10. The van der Waals surface area contributed by atoms with Gasteiger partial charge in [-0.05, 0) is 34.8 Å². The predicted molar refractivity (Wildman–Crippen MR) is 78.9 cm³/mol. The number of aryl methyl sites for hydroxylation is 1. The molecule has 0 radical (unpaired) electrons. The topological polar surface area (TPSA) is 50.2 Å². The smallest absolute Gasteiger partial charge is 0.347 e. The van der Waals surface area contributed by atoms with Crippen molar-refractivity contribution in [3.8, 4) is 9.88 Å². The van der Waals surface area contributed by atoms with E-state index in [-0.39, 0.29) is 5.92 Å². The molecule has 18 heavy (non-hydrogen) atoms. The van der Waals surface area contributed by atoms with E-state index in [1.165, 1.54) is 16.2 Å². The number of thiazole rings is 1. The van der Waals surface area contributed by atoms with Crippen LogP contribution in [0.25, 0.3) is 9.88 Å². The van der Waals surface area contributed by atoms with Crippen LogP contribution >= 0.6 is 38.6 Å². The number of hydrogen-bond acceptors (Lipinski definition) is 4. The van der Waals surface area contributed by atoms with Crippen LogP contribution in [-0.4, -0.2) is 16.1 Å². The summed E-state index contributed by atoms with van der Waals surface area (Å²) in [7, 11) is 0. The summed E-state index contributed by atoms with van der Waals surface area (Å²) in [4.78, 5) is 18.2. The molecule has 0 saturated carbocycles. The Labute approximate surface area is 122 Å². The zero-order chi connectivity index (χ0) is 13.4. The number of aromatic carboxylic acids is 1. The van der Waals surface area contributed by atoms with Crippen LogP contribution in [0.2, 0.25) is 0 Å². The number of carbonyl (C=O) groups is 1. The average Bonchev–Trinajstić information content (AvgIpc) is 2.83. The van der Waals surface area contributed by atoms with Gasteiger partial charge in [-0.1, -0.05) is 13.8 Å². The molecule has 0 aliphatic carbocycles. The summed E-state index contributed by atoms with van der Waals surface area (Å²) < 4.78 is 1.04. The lowest BCUT2D eigenvalue weighted by atomic mass is 10.1. The lowest BCUT2D eigenvalue weighted by Crippen LogP contribution is -2.00. The van der Waals surface area contributed by atoms with E-state index in [1.54, 1.807) is 11.3 Å². The van der Waals surface area contributed by atoms with Gasteiger partial charge in [0.15, 0.2) is 0 Å². The Balaban J connectivity index is 2.53. The number of rotatable bonds is 3. The summed E-state index contributed by atoms with van der Waals surface area (Å²) in [5, 5.41) is 9.99. The Morgan fingerprint density at radius 2 is 2.11 bits per heavy atom. The van der Waals surface area contributed by atoms with Crippen molar-refractivity contribution in [3.63, 3.8) is 0 Å². The molecule has 1 N–H and O–H groups in total. The average molecular weight is 346 g/mol. The van der Waals surface area contributed by atoms with Crippen molar-refractivity contribution in [1.29, 1.82) is 0 Å². The maximum absolute atomic E-state index is 11.2. The number of nitrogens with zero attached hydrogens (tertiary/aromatic N) is 1. The standard InChI is InChI=1S/C12H12BrNO2S2/c1-5(2)9-10(12(15)16)18-11(14-9)8-4-7(13)6(3)17-8/h4-5H,1-3H3,(H,15,16). The summed E-state index contributed by atoms with van der Waals surface area (Å²) in [6.07, 6.45) is 0. The monoisotopic (exact) mass is 345 g/mol. The van der Waals surface area contributed by atoms with Crippen molar-refractivity contribution in [2.45, 2.75) is 26.7 Å². The summed E-state index contributed by atoms with van der Waals surface area (Å²) in [6, 6.07) is 1.99. The molecule has 2 aromatic heterocycles. The molecule has 0 aromatic carbocycles. The Morgan fingerprint density at radius 3 is 2.50 bits per heavy atom. The van der Waals surface area contributed by atoms with Crippen LogP contribution in [-0.2, 0) is 0 Å². The molecule has 3 nitrogen and oxygen atoms in total. The number of hydrogen-bond donors (Lipinski definition) is 1. The van der Waals surface area contributed by atoms with E-state index >= 15 is 0 Å². The second kappa shape index (κ2) is 5.11. The second-order valence-corrected chi connectivity index (χ2v) is 7.32. The largest absolute Gasteiger partial charge is 0.477 e. The minimum absolute atomic E-state index is 0.116. The number of carboxylic acid groups (broad SMARTS) is 1. The third kappa shape index (κ3) is 2.50. The molecule has 2 heterocycles. The predicted octanol–water partition coefficient (Wildman–Crippen LogP) is 4.76. The number of halogens is 1. The summed E-state index contributed by atoms with van der Waals surface area (Å²) in [6.45, 7) is 5.94. The first-order valence-electron chi connectivity index (χ1n) is 5.40. The van der Waals surface area contributed by atoms with Gasteiger partial charge in [0.1, 0.15) is 9.88 Å². The van der Waals surface area contributed by atoms with Crippen LogP contribution in [0.15, 0.2) is 10.5 Å². The highest BCUT2D eigenvalue weighted by Gasteiger charge is 2.21. The maximum Gasteiger partial charge on any atom is 0.347 e. The fourth-order valence-corrected chi connectivity index (χ4v) is 4.19. The first-order valence-corrected chi connectivity index (χ1v) is 7.83. The normalized spacial score (nSPS) is 11.2. The zero-order valence-electron chi connectivity index (χ0n) is 10.2. The van der Waals surface area contributed by atoms with Crippen molar-refractivity contribution in [3.05, 3.63) is 26.0 Å². The van der Waals surface area contributed by atoms with Crippen LogP contribution in [0, 0.1) is 6.92 Å². The molecular weight excluding hydrogens is 334 g/mol. The fourth-order valence-electron chi connectivity index (χ4n) is 1.55. The number of carboxylic acids is 1. The van der Waals surface area contributed by atoms with Crippen molar-refractivity contribution in [1.82, 2.24) is 4.98 Å². The third-order valence-corrected chi connectivity index (χ3v) is 5.83. The minimum atomic E-state index is -0.894. The molecule has 96 valence electrons. The van der Waals surface area contributed by atoms with Gasteiger partial charge in [0.2, 0.25) is 0 Å². The summed E-state index contributed by atoms with van der Waals surface area (Å²) >= 11 is 6.34. The minimum Gasteiger partial charge on any atom is -0.477 e. The molecule has 0 spiro atoms. The van der Waals surface area contributed by atoms with Crippen molar-refractivity contribution >= 4 is 44.6 Å². The molecule has 2 rings (SSSR count). The Kier molecular flexibility index (Phi) is 3.89. The Morgan fingerprint density at radius 1 is 1.44 bits per heavy atom. The third-order valence-electron chi connectivity index (χ3n) is 2.46. The van der Waals surface area contributed by atoms with Gasteiger partial charge in [-0.2, -0.15) is 0 Å². The summed E-state index contributed by atoms with van der Waals surface area (Å²) in [5.41, 5.74) is 0.671. The van der Waals surface area contributed by atoms with E-state index in [1.807, 2.05) is 26.8 Å². The molecule has 2 aromatic rings. The molecule has 0 aliphatic heterocycles. The molecule has 0 saturated heterocycles.